The number of anilines is 1. The van der Waals surface area contributed by atoms with Crippen LogP contribution in [0.4, 0.5) is 5.13 Å². The molecule has 1 fully saturated rings. The number of amides is 1. The summed E-state index contributed by atoms with van der Waals surface area (Å²) in [4.78, 5) is 21.0. The molecule has 1 aromatic heterocycles. The monoisotopic (exact) mass is 396 g/mol. The van der Waals surface area contributed by atoms with E-state index in [1.807, 2.05) is 0 Å². The Morgan fingerprint density at radius 1 is 1.23 bits per heavy atom. The van der Waals surface area contributed by atoms with Crippen LogP contribution in [0.25, 0.3) is 10.2 Å². The summed E-state index contributed by atoms with van der Waals surface area (Å²) < 4.78 is 25.2. The third-order valence-electron chi connectivity index (χ3n) is 4.64. The molecule has 0 aliphatic carbocycles. The molecule has 26 heavy (non-hydrogen) atoms. The highest BCUT2D eigenvalue weighted by molar-refractivity contribution is 7.88. The van der Waals surface area contributed by atoms with Crippen LogP contribution in [0.3, 0.4) is 0 Å². The number of benzene rings is 1. The van der Waals surface area contributed by atoms with Gasteiger partial charge in [-0.3, -0.25) is 4.79 Å². The first-order valence-electron chi connectivity index (χ1n) is 8.47. The summed E-state index contributed by atoms with van der Waals surface area (Å²) in [6.45, 7) is 6.61. The van der Waals surface area contributed by atoms with Gasteiger partial charge in [0.05, 0.1) is 23.0 Å². The molecule has 1 aliphatic rings. The van der Waals surface area contributed by atoms with Gasteiger partial charge in [0.15, 0.2) is 5.13 Å². The molecule has 0 atom stereocenters. The standard InChI is InChI=1S/C17H24N4O3S2/c1-12-9-13(2)16-14(10-12)18-17(25-16)21-7-5-20(6-8-21)15(22)11-19(3)26(4,23)24/h9-10H,5-8,11H2,1-4H3. The van der Waals surface area contributed by atoms with Crippen molar-refractivity contribution >= 4 is 42.6 Å². The zero-order valence-electron chi connectivity index (χ0n) is 15.5. The SMILES string of the molecule is Cc1cc(C)c2sc(N3CCN(C(=O)CN(C)S(C)(=O)=O)CC3)nc2c1. The number of fused-ring (bicyclic) bond motifs is 1. The Labute approximate surface area is 158 Å². The molecule has 7 nitrogen and oxygen atoms in total. The molecular weight excluding hydrogens is 372 g/mol. The van der Waals surface area contributed by atoms with Crippen molar-refractivity contribution in [1.82, 2.24) is 14.2 Å². The van der Waals surface area contributed by atoms with E-state index in [9.17, 15) is 13.2 Å². The highest BCUT2D eigenvalue weighted by Gasteiger charge is 2.25. The van der Waals surface area contributed by atoms with Crippen molar-refractivity contribution in [3.05, 3.63) is 23.3 Å². The van der Waals surface area contributed by atoms with Gasteiger partial charge in [-0.2, -0.15) is 4.31 Å². The number of nitrogens with zero attached hydrogens (tertiary/aromatic N) is 4. The predicted molar refractivity (Wildman–Crippen MR) is 105 cm³/mol. The minimum atomic E-state index is -3.35. The Balaban J connectivity index is 1.65. The number of likely N-dealkylation sites (N-methyl/N-ethyl adjacent to an activating group) is 1. The van der Waals surface area contributed by atoms with Crippen LogP contribution in [0.5, 0.6) is 0 Å². The average molecular weight is 397 g/mol. The quantitative estimate of drug-likeness (QED) is 0.782. The number of aromatic nitrogens is 1. The van der Waals surface area contributed by atoms with Crippen molar-refractivity contribution in [1.29, 1.82) is 0 Å². The summed E-state index contributed by atoms with van der Waals surface area (Å²) in [6, 6.07) is 4.27. The van der Waals surface area contributed by atoms with Crippen LogP contribution in [0, 0.1) is 13.8 Å². The van der Waals surface area contributed by atoms with Gasteiger partial charge < -0.3 is 9.80 Å². The van der Waals surface area contributed by atoms with Crippen LogP contribution < -0.4 is 4.90 Å². The number of sulfonamides is 1. The Bertz CT molecular complexity index is 931. The molecule has 9 heteroatoms. The summed E-state index contributed by atoms with van der Waals surface area (Å²) >= 11 is 1.69. The molecular formula is C17H24N4O3S2. The van der Waals surface area contributed by atoms with Crippen molar-refractivity contribution < 1.29 is 13.2 Å². The van der Waals surface area contributed by atoms with E-state index in [2.05, 4.69) is 30.9 Å². The van der Waals surface area contributed by atoms with Crippen molar-refractivity contribution in [2.75, 3.05) is 50.9 Å². The highest BCUT2D eigenvalue weighted by atomic mass is 32.2. The Morgan fingerprint density at radius 2 is 1.88 bits per heavy atom. The molecule has 1 amide bonds. The van der Waals surface area contributed by atoms with Gasteiger partial charge in [-0.15, -0.1) is 0 Å². The zero-order chi connectivity index (χ0) is 19.1. The molecule has 0 radical (unpaired) electrons. The Kier molecular flexibility index (Phi) is 5.23. The average Bonchev–Trinajstić information content (AvgIpc) is 2.98. The van der Waals surface area contributed by atoms with E-state index in [1.165, 1.54) is 22.9 Å². The fourth-order valence-corrected chi connectivity index (χ4v) is 4.47. The molecule has 0 saturated carbocycles. The number of hydrogen-bond donors (Lipinski definition) is 0. The van der Waals surface area contributed by atoms with Crippen LogP contribution in [-0.2, 0) is 14.8 Å². The molecule has 1 aromatic carbocycles. The lowest BCUT2D eigenvalue weighted by atomic mass is 10.1. The third kappa shape index (κ3) is 3.99. The van der Waals surface area contributed by atoms with E-state index >= 15 is 0 Å². The number of hydrogen-bond acceptors (Lipinski definition) is 6. The molecule has 3 rings (SSSR count). The fourth-order valence-electron chi connectivity index (χ4n) is 3.06. The van der Waals surface area contributed by atoms with E-state index in [0.717, 1.165) is 21.2 Å². The van der Waals surface area contributed by atoms with Gasteiger partial charge in [0.25, 0.3) is 0 Å². The topological polar surface area (TPSA) is 73.8 Å². The van der Waals surface area contributed by atoms with Crippen LogP contribution in [0.2, 0.25) is 0 Å². The number of piperazine rings is 1. The smallest absolute Gasteiger partial charge is 0.238 e. The molecule has 142 valence electrons. The minimum absolute atomic E-state index is 0.113. The maximum atomic E-state index is 12.3. The van der Waals surface area contributed by atoms with Gasteiger partial charge in [0.1, 0.15) is 0 Å². The molecule has 0 N–H and O–H groups in total. The first kappa shape index (κ1) is 19.1. The highest BCUT2D eigenvalue weighted by Crippen LogP contribution is 2.32. The normalized spacial score (nSPS) is 15.9. The van der Waals surface area contributed by atoms with Crippen molar-refractivity contribution in [3.8, 4) is 0 Å². The lowest BCUT2D eigenvalue weighted by Gasteiger charge is -2.35. The largest absolute Gasteiger partial charge is 0.345 e. The van der Waals surface area contributed by atoms with Crippen LogP contribution in [-0.4, -0.2) is 74.5 Å². The second-order valence-corrected chi connectivity index (χ2v) is 9.88. The van der Waals surface area contributed by atoms with E-state index in [-0.39, 0.29) is 12.5 Å². The fraction of sp³-hybridized carbons (Fsp3) is 0.529. The molecule has 1 saturated heterocycles. The lowest BCUT2D eigenvalue weighted by Crippen LogP contribution is -2.51. The maximum Gasteiger partial charge on any atom is 0.238 e. The summed E-state index contributed by atoms with van der Waals surface area (Å²) in [7, 11) is -1.92. The lowest BCUT2D eigenvalue weighted by molar-refractivity contribution is -0.131. The van der Waals surface area contributed by atoms with Crippen molar-refractivity contribution in [2.45, 2.75) is 13.8 Å². The molecule has 0 bridgehead atoms. The predicted octanol–water partition coefficient (Wildman–Crippen LogP) is 1.45. The van der Waals surface area contributed by atoms with Gasteiger partial charge in [0.2, 0.25) is 15.9 Å². The Hall–Kier alpha value is -1.71. The first-order valence-corrected chi connectivity index (χ1v) is 11.1. The number of carbonyl (C=O) groups is 1. The third-order valence-corrected chi connectivity index (χ3v) is 7.16. The summed E-state index contributed by atoms with van der Waals surface area (Å²) in [5.41, 5.74) is 3.47. The van der Waals surface area contributed by atoms with Gasteiger partial charge in [-0.05, 0) is 31.0 Å². The molecule has 2 aromatic rings. The first-order chi connectivity index (χ1) is 12.1. The minimum Gasteiger partial charge on any atom is -0.345 e. The zero-order valence-corrected chi connectivity index (χ0v) is 17.2. The van der Waals surface area contributed by atoms with E-state index in [0.29, 0.717) is 26.2 Å². The molecule has 0 unspecified atom stereocenters. The summed E-state index contributed by atoms with van der Waals surface area (Å²) in [6.07, 6.45) is 1.11. The van der Waals surface area contributed by atoms with Gasteiger partial charge in [0, 0.05) is 33.2 Å². The van der Waals surface area contributed by atoms with Gasteiger partial charge in [-0.25, -0.2) is 13.4 Å². The maximum absolute atomic E-state index is 12.3. The Morgan fingerprint density at radius 3 is 2.50 bits per heavy atom. The second-order valence-electron chi connectivity index (χ2n) is 6.81. The van der Waals surface area contributed by atoms with E-state index in [1.54, 1.807) is 16.2 Å². The molecule has 1 aliphatic heterocycles. The van der Waals surface area contributed by atoms with Gasteiger partial charge in [-0.1, -0.05) is 17.4 Å². The van der Waals surface area contributed by atoms with Gasteiger partial charge >= 0.3 is 0 Å². The van der Waals surface area contributed by atoms with Crippen LogP contribution >= 0.6 is 11.3 Å². The molecule has 2 heterocycles. The van der Waals surface area contributed by atoms with Crippen molar-refractivity contribution in [3.63, 3.8) is 0 Å². The number of aryl methyl sites for hydroxylation is 2. The summed E-state index contributed by atoms with van der Waals surface area (Å²) in [5, 5.41) is 0.981. The van der Waals surface area contributed by atoms with E-state index in [4.69, 9.17) is 4.98 Å². The summed E-state index contributed by atoms with van der Waals surface area (Å²) in [5.74, 6) is -0.159. The second kappa shape index (κ2) is 7.13. The number of thiazole rings is 1. The number of carbonyl (C=O) groups excluding carboxylic acids is 1. The van der Waals surface area contributed by atoms with E-state index < -0.39 is 10.0 Å². The van der Waals surface area contributed by atoms with Crippen molar-refractivity contribution in [2.24, 2.45) is 0 Å². The molecule has 0 spiro atoms. The van der Waals surface area contributed by atoms with Crippen LogP contribution in [0.15, 0.2) is 12.1 Å². The number of rotatable bonds is 4. The van der Waals surface area contributed by atoms with Crippen LogP contribution in [0.1, 0.15) is 11.1 Å².